The molecule has 4 heteroatoms. The standard InChI is InChI=1S/C14H16N2O2/c1-9(2)11-6-4-5-7-12(11)15-14(17)13-8-10(3)18-16-13/h4-9H,1-3H3,(H,15,17). The van der Waals surface area contributed by atoms with Crippen LogP contribution >= 0.6 is 0 Å². The molecule has 94 valence electrons. The Hall–Kier alpha value is -2.10. The predicted molar refractivity (Wildman–Crippen MR) is 69.7 cm³/mol. The summed E-state index contributed by atoms with van der Waals surface area (Å²) in [6, 6.07) is 9.38. The Morgan fingerprint density at radius 2 is 2.06 bits per heavy atom. The molecular weight excluding hydrogens is 228 g/mol. The van der Waals surface area contributed by atoms with Gasteiger partial charge in [-0.2, -0.15) is 0 Å². The smallest absolute Gasteiger partial charge is 0.277 e. The molecule has 0 fully saturated rings. The first-order chi connectivity index (χ1) is 8.58. The van der Waals surface area contributed by atoms with E-state index in [4.69, 9.17) is 4.52 Å². The monoisotopic (exact) mass is 244 g/mol. The second-order valence-electron chi connectivity index (χ2n) is 4.52. The third-order valence-electron chi connectivity index (χ3n) is 2.69. The maximum atomic E-state index is 12.0. The quantitative estimate of drug-likeness (QED) is 0.900. The highest BCUT2D eigenvalue weighted by Crippen LogP contribution is 2.24. The lowest BCUT2D eigenvalue weighted by atomic mass is 10.0. The van der Waals surface area contributed by atoms with Crippen molar-refractivity contribution in [2.24, 2.45) is 0 Å². The summed E-state index contributed by atoms with van der Waals surface area (Å²) in [7, 11) is 0. The van der Waals surface area contributed by atoms with Gasteiger partial charge in [-0.25, -0.2) is 0 Å². The van der Waals surface area contributed by atoms with Gasteiger partial charge in [-0.05, 0) is 24.5 Å². The number of nitrogens with one attached hydrogen (secondary N) is 1. The molecule has 0 saturated heterocycles. The minimum Gasteiger partial charge on any atom is -0.361 e. The van der Waals surface area contributed by atoms with Gasteiger partial charge in [0.1, 0.15) is 5.76 Å². The van der Waals surface area contributed by atoms with Crippen molar-refractivity contribution in [3.8, 4) is 0 Å². The fraction of sp³-hybridized carbons (Fsp3) is 0.286. The Labute approximate surface area is 106 Å². The molecule has 0 atom stereocenters. The zero-order valence-corrected chi connectivity index (χ0v) is 10.7. The molecule has 1 aromatic heterocycles. The number of rotatable bonds is 3. The zero-order chi connectivity index (χ0) is 13.1. The summed E-state index contributed by atoms with van der Waals surface area (Å²) in [4.78, 5) is 12.0. The van der Waals surface area contributed by atoms with E-state index in [0.29, 0.717) is 17.4 Å². The largest absolute Gasteiger partial charge is 0.361 e. The molecule has 18 heavy (non-hydrogen) atoms. The highest BCUT2D eigenvalue weighted by Gasteiger charge is 2.13. The molecular formula is C14H16N2O2. The minimum absolute atomic E-state index is 0.250. The number of anilines is 1. The van der Waals surface area contributed by atoms with E-state index in [1.54, 1.807) is 13.0 Å². The first-order valence-electron chi connectivity index (χ1n) is 5.91. The van der Waals surface area contributed by atoms with E-state index in [1.165, 1.54) is 0 Å². The van der Waals surface area contributed by atoms with Crippen LogP contribution in [0.2, 0.25) is 0 Å². The lowest BCUT2D eigenvalue weighted by Crippen LogP contribution is -2.13. The van der Waals surface area contributed by atoms with Crippen LogP contribution in [-0.2, 0) is 0 Å². The Balaban J connectivity index is 2.22. The molecule has 0 radical (unpaired) electrons. The molecule has 0 aliphatic carbocycles. The topological polar surface area (TPSA) is 55.1 Å². The van der Waals surface area contributed by atoms with E-state index in [9.17, 15) is 4.79 Å². The van der Waals surface area contributed by atoms with Crippen molar-refractivity contribution < 1.29 is 9.32 Å². The number of para-hydroxylation sites is 1. The number of hydrogen-bond donors (Lipinski definition) is 1. The van der Waals surface area contributed by atoms with Crippen LogP contribution in [0.4, 0.5) is 5.69 Å². The van der Waals surface area contributed by atoms with Crippen LogP contribution in [0.15, 0.2) is 34.9 Å². The van der Waals surface area contributed by atoms with E-state index in [0.717, 1.165) is 11.3 Å². The predicted octanol–water partition coefficient (Wildman–Crippen LogP) is 3.36. The fourth-order valence-corrected chi connectivity index (χ4v) is 1.77. The van der Waals surface area contributed by atoms with Crippen LogP contribution in [0.5, 0.6) is 0 Å². The van der Waals surface area contributed by atoms with Crippen LogP contribution in [0.25, 0.3) is 0 Å². The van der Waals surface area contributed by atoms with Gasteiger partial charge in [-0.3, -0.25) is 4.79 Å². The number of hydrogen-bond acceptors (Lipinski definition) is 3. The van der Waals surface area contributed by atoms with E-state index >= 15 is 0 Å². The molecule has 0 aliphatic heterocycles. The minimum atomic E-state index is -0.250. The second-order valence-corrected chi connectivity index (χ2v) is 4.52. The average Bonchev–Trinajstić information content (AvgIpc) is 2.76. The third kappa shape index (κ3) is 2.59. The molecule has 4 nitrogen and oxygen atoms in total. The van der Waals surface area contributed by atoms with Crippen LogP contribution < -0.4 is 5.32 Å². The highest BCUT2D eigenvalue weighted by atomic mass is 16.5. The average molecular weight is 244 g/mol. The van der Waals surface area contributed by atoms with Crippen molar-refractivity contribution in [2.45, 2.75) is 26.7 Å². The van der Waals surface area contributed by atoms with Crippen molar-refractivity contribution in [1.29, 1.82) is 0 Å². The summed E-state index contributed by atoms with van der Waals surface area (Å²) < 4.78 is 4.89. The summed E-state index contributed by atoms with van der Waals surface area (Å²) in [5.41, 5.74) is 2.22. The molecule has 1 heterocycles. The summed E-state index contributed by atoms with van der Waals surface area (Å²) in [5, 5.41) is 6.56. The molecule has 0 aliphatic rings. The van der Waals surface area contributed by atoms with Gasteiger partial charge in [-0.15, -0.1) is 0 Å². The summed E-state index contributed by atoms with van der Waals surface area (Å²) in [6.07, 6.45) is 0. The lowest BCUT2D eigenvalue weighted by Gasteiger charge is -2.12. The van der Waals surface area contributed by atoms with E-state index in [2.05, 4.69) is 24.3 Å². The third-order valence-corrected chi connectivity index (χ3v) is 2.69. The molecule has 0 unspecified atom stereocenters. The Bertz CT molecular complexity index is 558. The zero-order valence-electron chi connectivity index (χ0n) is 10.7. The number of aryl methyl sites for hydroxylation is 1. The number of carbonyl (C=O) groups is 1. The summed E-state index contributed by atoms with van der Waals surface area (Å²) in [6.45, 7) is 5.93. The number of aromatic nitrogens is 1. The molecule has 0 bridgehead atoms. The van der Waals surface area contributed by atoms with E-state index < -0.39 is 0 Å². The fourth-order valence-electron chi connectivity index (χ4n) is 1.77. The van der Waals surface area contributed by atoms with Gasteiger partial charge >= 0.3 is 0 Å². The Kier molecular flexibility index (Phi) is 3.46. The van der Waals surface area contributed by atoms with Crippen molar-refractivity contribution in [1.82, 2.24) is 5.16 Å². The highest BCUT2D eigenvalue weighted by molar-refractivity contribution is 6.03. The van der Waals surface area contributed by atoms with Gasteiger partial charge in [0.15, 0.2) is 5.69 Å². The molecule has 1 amide bonds. The van der Waals surface area contributed by atoms with Gasteiger partial charge in [0.2, 0.25) is 0 Å². The van der Waals surface area contributed by atoms with E-state index in [-0.39, 0.29) is 5.91 Å². The van der Waals surface area contributed by atoms with Gasteiger partial charge in [-0.1, -0.05) is 37.2 Å². The van der Waals surface area contributed by atoms with Crippen molar-refractivity contribution in [3.63, 3.8) is 0 Å². The molecule has 1 aromatic carbocycles. The number of amides is 1. The summed E-state index contributed by atoms with van der Waals surface area (Å²) in [5.74, 6) is 0.720. The van der Waals surface area contributed by atoms with Crippen molar-refractivity contribution >= 4 is 11.6 Å². The maximum Gasteiger partial charge on any atom is 0.277 e. The molecule has 2 rings (SSSR count). The first-order valence-corrected chi connectivity index (χ1v) is 5.91. The van der Waals surface area contributed by atoms with Crippen LogP contribution in [0, 0.1) is 6.92 Å². The first kappa shape index (κ1) is 12.4. The lowest BCUT2D eigenvalue weighted by molar-refractivity contribution is 0.101. The van der Waals surface area contributed by atoms with Crippen LogP contribution in [-0.4, -0.2) is 11.1 Å². The van der Waals surface area contributed by atoms with Crippen molar-refractivity contribution in [2.75, 3.05) is 5.32 Å². The number of benzene rings is 1. The second kappa shape index (κ2) is 5.04. The molecule has 0 saturated carbocycles. The molecule has 2 aromatic rings. The normalized spacial score (nSPS) is 10.7. The van der Waals surface area contributed by atoms with E-state index in [1.807, 2.05) is 24.3 Å². The summed E-state index contributed by atoms with van der Waals surface area (Å²) >= 11 is 0. The maximum absolute atomic E-state index is 12.0. The van der Waals surface area contributed by atoms with Gasteiger partial charge in [0.05, 0.1) is 0 Å². The molecule has 1 N–H and O–H groups in total. The van der Waals surface area contributed by atoms with Gasteiger partial charge in [0.25, 0.3) is 5.91 Å². The number of nitrogens with zero attached hydrogens (tertiary/aromatic N) is 1. The van der Waals surface area contributed by atoms with Crippen LogP contribution in [0.3, 0.4) is 0 Å². The van der Waals surface area contributed by atoms with Gasteiger partial charge < -0.3 is 9.84 Å². The molecule has 0 spiro atoms. The van der Waals surface area contributed by atoms with Gasteiger partial charge in [0, 0.05) is 11.8 Å². The Morgan fingerprint density at radius 3 is 2.67 bits per heavy atom. The number of carbonyl (C=O) groups excluding carboxylic acids is 1. The van der Waals surface area contributed by atoms with Crippen molar-refractivity contribution in [3.05, 3.63) is 47.3 Å². The Morgan fingerprint density at radius 1 is 1.33 bits per heavy atom. The SMILES string of the molecule is Cc1cc(C(=O)Nc2ccccc2C(C)C)no1. The van der Waals surface area contributed by atoms with Crippen LogP contribution in [0.1, 0.15) is 41.6 Å².